The van der Waals surface area contributed by atoms with Crippen molar-refractivity contribution in [2.75, 3.05) is 0 Å². The van der Waals surface area contributed by atoms with Crippen molar-refractivity contribution in [2.45, 2.75) is 64.1 Å². The Morgan fingerprint density at radius 3 is 2.37 bits per heavy atom. The summed E-state index contributed by atoms with van der Waals surface area (Å²) in [5.41, 5.74) is 1.77. The molecule has 3 rings (SSSR count). The first-order chi connectivity index (χ1) is 14.5. The van der Waals surface area contributed by atoms with Gasteiger partial charge in [-0.25, -0.2) is 0 Å². The minimum Gasteiger partial charge on any atom is -0.352 e. The largest absolute Gasteiger partial charge is 0.352 e. The van der Waals surface area contributed by atoms with Gasteiger partial charge in [-0.3, -0.25) is 9.59 Å². The fourth-order valence-electron chi connectivity index (χ4n) is 3.99. The molecule has 1 N–H and O–H groups in total. The number of carbonyl (C=O) groups excluding carboxylic acids is 2. The molecular weight excluding hydrogens is 419 g/mol. The highest BCUT2D eigenvalue weighted by Crippen LogP contribution is 2.25. The van der Waals surface area contributed by atoms with Crippen LogP contribution in [0, 0.1) is 0 Å². The van der Waals surface area contributed by atoms with Gasteiger partial charge in [0.25, 0.3) is 0 Å². The minimum atomic E-state index is -0.531. The van der Waals surface area contributed by atoms with E-state index in [1.165, 1.54) is 0 Å². The fraction of sp³-hybridized carbons (Fsp3) is 0.417. The van der Waals surface area contributed by atoms with Gasteiger partial charge in [0.2, 0.25) is 11.8 Å². The number of amides is 2. The van der Waals surface area contributed by atoms with Crippen molar-refractivity contribution in [3.63, 3.8) is 0 Å². The summed E-state index contributed by atoms with van der Waals surface area (Å²) in [6, 6.07) is 14.6. The Morgan fingerprint density at radius 2 is 1.73 bits per heavy atom. The van der Waals surface area contributed by atoms with Crippen LogP contribution in [0.1, 0.15) is 50.2 Å². The van der Waals surface area contributed by atoms with Crippen LogP contribution in [0.3, 0.4) is 0 Å². The van der Waals surface area contributed by atoms with E-state index in [4.69, 9.17) is 23.2 Å². The van der Waals surface area contributed by atoms with Crippen molar-refractivity contribution in [3.8, 4) is 0 Å². The maximum absolute atomic E-state index is 13.3. The normalized spacial score (nSPS) is 15.0. The summed E-state index contributed by atoms with van der Waals surface area (Å²) in [4.78, 5) is 28.1. The average molecular weight is 447 g/mol. The monoisotopic (exact) mass is 446 g/mol. The van der Waals surface area contributed by atoms with Crippen LogP contribution in [0.4, 0.5) is 0 Å². The van der Waals surface area contributed by atoms with Crippen LogP contribution in [0.2, 0.25) is 10.0 Å². The maximum Gasteiger partial charge on any atom is 0.243 e. The van der Waals surface area contributed by atoms with Gasteiger partial charge in [-0.05, 0) is 42.5 Å². The second kappa shape index (κ2) is 10.8. The zero-order valence-electron chi connectivity index (χ0n) is 17.2. The van der Waals surface area contributed by atoms with E-state index < -0.39 is 6.04 Å². The van der Waals surface area contributed by atoms with Crippen molar-refractivity contribution >= 4 is 35.0 Å². The molecule has 0 unspecified atom stereocenters. The van der Waals surface area contributed by atoms with Gasteiger partial charge in [0.15, 0.2) is 0 Å². The van der Waals surface area contributed by atoms with E-state index in [0.717, 1.165) is 36.8 Å². The van der Waals surface area contributed by atoms with Crippen LogP contribution < -0.4 is 5.32 Å². The van der Waals surface area contributed by atoms with Gasteiger partial charge in [-0.15, -0.1) is 0 Å². The zero-order chi connectivity index (χ0) is 21.5. The molecule has 0 aliphatic heterocycles. The molecule has 0 bridgehead atoms. The Balaban J connectivity index is 1.82. The lowest BCUT2D eigenvalue weighted by atomic mass is 10.1. The van der Waals surface area contributed by atoms with Crippen molar-refractivity contribution in [3.05, 3.63) is 69.7 Å². The standard InChI is InChI=1S/C24H28Cl2N2O2/c1-2-22(24(30)27-19-10-6-7-11-19)28(16-18-12-13-20(25)21(26)14-18)23(29)15-17-8-4-3-5-9-17/h3-5,8-9,12-14,19,22H,2,6-7,10-11,15-16H2,1H3,(H,27,30)/t22-/m1/s1. The molecule has 160 valence electrons. The average Bonchev–Trinajstić information content (AvgIpc) is 3.24. The molecule has 2 aromatic rings. The third-order valence-electron chi connectivity index (χ3n) is 5.62. The van der Waals surface area contributed by atoms with Crippen molar-refractivity contribution in [1.29, 1.82) is 0 Å². The second-order valence-electron chi connectivity index (χ2n) is 7.85. The number of nitrogens with one attached hydrogen (secondary N) is 1. The van der Waals surface area contributed by atoms with Crippen LogP contribution in [-0.2, 0) is 22.6 Å². The second-order valence-corrected chi connectivity index (χ2v) is 8.66. The lowest BCUT2D eigenvalue weighted by Crippen LogP contribution is -2.51. The van der Waals surface area contributed by atoms with Crippen molar-refractivity contribution in [2.24, 2.45) is 0 Å². The number of nitrogens with zero attached hydrogens (tertiary/aromatic N) is 1. The molecule has 6 heteroatoms. The van der Waals surface area contributed by atoms with Crippen molar-refractivity contribution < 1.29 is 9.59 Å². The highest BCUT2D eigenvalue weighted by molar-refractivity contribution is 6.42. The first-order valence-corrected chi connectivity index (χ1v) is 11.3. The van der Waals surface area contributed by atoms with Gasteiger partial charge in [-0.1, -0.05) is 79.4 Å². The van der Waals surface area contributed by atoms with E-state index in [-0.39, 0.29) is 24.3 Å². The molecule has 0 spiro atoms. The molecule has 1 atom stereocenters. The minimum absolute atomic E-state index is 0.0779. The number of hydrogen-bond donors (Lipinski definition) is 1. The first kappa shape index (κ1) is 22.6. The number of hydrogen-bond acceptors (Lipinski definition) is 2. The summed E-state index contributed by atoms with van der Waals surface area (Å²) in [7, 11) is 0. The van der Waals surface area contributed by atoms with Crippen LogP contribution in [0.5, 0.6) is 0 Å². The molecule has 1 aliphatic carbocycles. The van der Waals surface area contributed by atoms with Crippen molar-refractivity contribution in [1.82, 2.24) is 10.2 Å². The lowest BCUT2D eigenvalue weighted by molar-refractivity contribution is -0.141. The molecule has 0 saturated heterocycles. The molecule has 1 aliphatic rings. The van der Waals surface area contributed by atoms with Gasteiger partial charge < -0.3 is 10.2 Å². The molecule has 2 aromatic carbocycles. The predicted molar refractivity (Wildman–Crippen MR) is 122 cm³/mol. The zero-order valence-corrected chi connectivity index (χ0v) is 18.8. The third kappa shape index (κ3) is 5.99. The predicted octanol–water partition coefficient (Wildman–Crippen LogP) is 5.40. The molecule has 0 radical (unpaired) electrons. The van der Waals surface area contributed by atoms with E-state index in [1.54, 1.807) is 17.0 Å². The van der Waals surface area contributed by atoms with Gasteiger partial charge in [-0.2, -0.15) is 0 Å². The summed E-state index contributed by atoms with van der Waals surface area (Å²) >= 11 is 12.2. The molecule has 0 heterocycles. The highest BCUT2D eigenvalue weighted by atomic mass is 35.5. The number of rotatable bonds is 8. The molecule has 1 fully saturated rings. The topological polar surface area (TPSA) is 49.4 Å². The molecule has 1 saturated carbocycles. The molecule has 0 aromatic heterocycles. The number of halogens is 2. The Bertz CT molecular complexity index is 867. The van der Waals surface area contributed by atoms with Gasteiger partial charge in [0.05, 0.1) is 16.5 Å². The molecule has 2 amide bonds. The third-order valence-corrected chi connectivity index (χ3v) is 6.36. The lowest BCUT2D eigenvalue weighted by Gasteiger charge is -2.31. The van der Waals surface area contributed by atoms with E-state index in [0.29, 0.717) is 23.0 Å². The summed E-state index contributed by atoms with van der Waals surface area (Å²) in [6.07, 6.45) is 5.08. The van der Waals surface area contributed by atoms with Crippen LogP contribution in [0.15, 0.2) is 48.5 Å². The quantitative estimate of drug-likeness (QED) is 0.589. The van der Waals surface area contributed by atoms with E-state index >= 15 is 0 Å². The van der Waals surface area contributed by atoms with Gasteiger partial charge >= 0.3 is 0 Å². The smallest absolute Gasteiger partial charge is 0.243 e. The highest BCUT2D eigenvalue weighted by Gasteiger charge is 2.30. The van der Waals surface area contributed by atoms with E-state index in [1.807, 2.05) is 43.3 Å². The summed E-state index contributed by atoms with van der Waals surface area (Å²) in [5, 5.41) is 4.06. The fourth-order valence-corrected chi connectivity index (χ4v) is 4.31. The van der Waals surface area contributed by atoms with Crippen LogP contribution in [-0.4, -0.2) is 28.8 Å². The Labute approximate surface area is 188 Å². The summed E-state index contributed by atoms with van der Waals surface area (Å²) < 4.78 is 0. The maximum atomic E-state index is 13.3. The molecule has 30 heavy (non-hydrogen) atoms. The number of carbonyl (C=O) groups is 2. The van der Waals surface area contributed by atoms with Crippen LogP contribution in [0.25, 0.3) is 0 Å². The number of benzene rings is 2. The Morgan fingerprint density at radius 1 is 1.03 bits per heavy atom. The SMILES string of the molecule is CC[C@H](C(=O)NC1CCCC1)N(Cc1ccc(Cl)c(Cl)c1)C(=O)Cc1ccccc1. The van der Waals surface area contributed by atoms with E-state index in [9.17, 15) is 9.59 Å². The molecular formula is C24H28Cl2N2O2. The summed E-state index contributed by atoms with van der Waals surface area (Å²) in [5.74, 6) is -0.161. The Kier molecular flexibility index (Phi) is 8.17. The van der Waals surface area contributed by atoms with Crippen LogP contribution >= 0.6 is 23.2 Å². The van der Waals surface area contributed by atoms with Gasteiger partial charge in [0, 0.05) is 12.6 Å². The first-order valence-electron chi connectivity index (χ1n) is 10.6. The van der Waals surface area contributed by atoms with E-state index in [2.05, 4.69) is 5.32 Å². The van der Waals surface area contributed by atoms with Gasteiger partial charge in [0.1, 0.15) is 6.04 Å². The Hall–Kier alpha value is -2.04. The summed E-state index contributed by atoms with van der Waals surface area (Å²) in [6.45, 7) is 2.25. The molecule has 4 nitrogen and oxygen atoms in total.